The number of hydrogen-bond donors (Lipinski definition) is 1. The minimum Gasteiger partial charge on any atom is -0.469 e. The molecule has 19 heavy (non-hydrogen) atoms. The van der Waals surface area contributed by atoms with Crippen LogP contribution in [-0.2, 0) is 20.8 Å². The van der Waals surface area contributed by atoms with Crippen LogP contribution >= 0.6 is 23.7 Å². The minimum absolute atomic E-state index is 0. The second kappa shape index (κ2) is 7.64. The van der Waals surface area contributed by atoms with E-state index in [0.29, 0.717) is 18.2 Å². The van der Waals surface area contributed by atoms with Gasteiger partial charge in [-0.15, -0.1) is 23.7 Å². The average molecular weight is 308 g/mol. The number of anilines is 1. The smallest absolute Gasteiger partial charge is 0.308 e. The topological polar surface area (TPSA) is 77.7 Å². The van der Waals surface area contributed by atoms with E-state index in [2.05, 4.69) is 14.6 Å². The number of nitrogen functional groups attached to an aromatic ring is 1. The molecule has 0 amide bonds. The van der Waals surface area contributed by atoms with E-state index in [-0.39, 0.29) is 24.5 Å². The summed E-state index contributed by atoms with van der Waals surface area (Å²) in [4.78, 5) is 18.6. The summed E-state index contributed by atoms with van der Waals surface area (Å²) in [7, 11) is 1.39. The second-order valence-electron chi connectivity index (χ2n) is 4.17. The molecule has 1 aliphatic rings. The number of carbonyl (C=O) groups is 1. The lowest BCUT2D eigenvalue weighted by Crippen LogP contribution is -2.42. The molecule has 0 aromatic carbocycles. The van der Waals surface area contributed by atoms with Gasteiger partial charge in [0.1, 0.15) is 0 Å². The number of morpholine rings is 1. The van der Waals surface area contributed by atoms with Gasteiger partial charge >= 0.3 is 5.97 Å². The molecular weight excluding hydrogens is 290 g/mol. The van der Waals surface area contributed by atoms with Crippen LogP contribution < -0.4 is 5.73 Å². The molecule has 0 radical (unpaired) electrons. The number of aromatic nitrogens is 1. The summed E-state index contributed by atoms with van der Waals surface area (Å²) < 4.78 is 10.2. The molecule has 1 fully saturated rings. The van der Waals surface area contributed by atoms with Crippen molar-refractivity contribution in [1.29, 1.82) is 0 Å². The van der Waals surface area contributed by atoms with Crippen LogP contribution in [0.3, 0.4) is 0 Å². The fourth-order valence-corrected chi connectivity index (χ4v) is 2.66. The van der Waals surface area contributed by atoms with E-state index in [1.807, 2.05) is 0 Å². The lowest BCUT2D eigenvalue weighted by molar-refractivity contribution is -0.145. The molecule has 2 heterocycles. The van der Waals surface area contributed by atoms with E-state index in [0.717, 1.165) is 24.5 Å². The lowest BCUT2D eigenvalue weighted by atomic mass is 10.2. The third-order valence-electron chi connectivity index (χ3n) is 2.80. The van der Waals surface area contributed by atoms with E-state index in [1.54, 1.807) is 6.20 Å². The maximum absolute atomic E-state index is 11.2. The number of nitrogens with two attached hydrogens (primary N) is 1. The van der Waals surface area contributed by atoms with Crippen LogP contribution in [0.5, 0.6) is 0 Å². The number of nitrogens with zero attached hydrogens (tertiary/aromatic N) is 2. The van der Waals surface area contributed by atoms with Gasteiger partial charge in [-0.1, -0.05) is 0 Å². The Morgan fingerprint density at radius 3 is 3.16 bits per heavy atom. The molecule has 8 heteroatoms. The van der Waals surface area contributed by atoms with Crippen LogP contribution in [0, 0.1) is 0 Å². The zero-order valence-corrected chi connectivity index (χ0v) is 12.3. The van der Waals surface area contributed by atoms with Gasteiger partial charge in [-0.3, -0.25) is 9.69 Å². The Kier molecular flexibility index (Phi) is 6.50. The van der Waals surface area contributed by atoms with Gasteiger partial charge < -0.3 is 15.2 Å². The van der Waals surface area contributed by atoms with E-state index in [9.17, 15) is 4.79 Å². The van der Waals surface area contributed by atoms with E-state index in [1.165, 1.54) is 18.4 Å². The summed E-state index contributed by atoms with van der Waals surface area (Å²) >= 11 is 1.49. The number of thiazole rings is 1. The monoisotopic (exact) mass is 307 g/mol. The summed E-state index contributed by atoms with van der Waals surface area (Å²) in [5, 5.41) is 0.587. The molecule has 2 rings (SSSR count). The van der Waals surface area contributed by atoms with Gasteiger partial charge in [0.25, 0.3) is 0 Å². The van der Waals surface area contributed by atoms with Crippen LogP contribution in [0.15, 0.2) is 6.20 Å². The van der Waals surface area contributed by atoms with E-state index in [4.69, 9.17) is 10.5 Å². The first-order valence-corrected chi connectivity index (χ1v) is 6.60. The van der Waals surface area contributed by atoms with Crippen LogP contribution in [-0.4, -0.2) is 48.8 Å². The Labute approximate surface area is 122 Å². The maximum Gasteiger partial charge on any atom is 0.308 e. The quantitative estimate of drug-likeness (QED) is 0.833. The molecule has 0 saturated carbocycles. The first-order chi connectivity index (χ1) is 8.67. The standard InChI is InChI=1S/C11H17N3O3S.ClH/c1-16-10(15)4-8-6-14(2-3-17-8)7-9-5-13-11(12)18-9;/h5,8H,2-4,6-7H2,1H3,(H2,12,13);1H. The second-order valence-corrected chi connectivity index (χ2v) is 5.32. The van der Waals surface area contributed by atoms with Crippen molar-refractivity contribution >= 4 is 34.8 Å². The van der Waals surface area contributed by atoms with Crippen molar-refractivity contribution in [2.45, 2.75) is 19.1 Å². The van der Waals surface area contributed by atoms with Gasteiger partial charge in [0.05, 0.1) is 26.2 Å². The van der Waals surface area contributed by atoms with Gasteiger partial charge in [0, 0.05) is 30.7 Å². The Hall–Kier alpha value is -0.890. The summed E-state index contributed by atoms with van der Waals surface area (Å²) in [5.41, 5.74) is 5.60. The highest BCUT2D eigenvalue weighted by atomic mass is 35.5. The highest BCUT2D eigenvalue weighted by Gasteiger charge is 2.23. The number of ether oxygens (including phenoxy) is 2. The fraction of sp³-hybridized carbons (Fsp3) is 0.636. The molecule has 1 atom stereocenters. The summed E-state index contributed by atoms with van der Waals surface area (Å²) in [6, 6.07) is 0. The fourth-order valence-electron chi connectivity index (χ4n) is 1.93. The first-order valence-electron chi connectivity index (χ1n) is 5.78. The molecule has 1 saturated heterocycles. The van der Waals surface area contributed by atoms with E-state index < -0.39 is 0 Å². The van der Waals surface area contributed by atoms with Crippen molar-refractivity contribution in [3.05, 3.63) is 11.1 Å². The molecule has 1 aromatic rings. The third kappa shape index (κ3) is 4.94. The third-order valence-corrected chi connectivity index (χ3v) is 3.61. The normalized spacial score (nSPS) is 19.7. The number of halogens is 1. The molecule has 1 unspecified atom stereocenters. The zero-order valence-electron chi connectivity index (χ0n) is 10.7. The number of methoxy groups -OCH3 is 1. The van der Waals surface area contributed by atoms with Gasteiger partial charge in [0.15, 0.2) is 5.13 Å². The Morgan fingerprint density at radius 2 is 2.53 bits per heavy atom. The van der Waals surface area contributed by atoms with Crippen molar-refractivity contribution in [2.24, 2.45) is 0 Å². The average Bonchev–Trinajstić information content (AvgIpc) is 2.75. The predicted molar refractivity (Wildman–Crippen MR) is 75.4 cm³/mol. The van der Waals surface area contributed by atoms with Crippen LogP contribution in [0.4, 0.5) is 5.13 Å². The molecule has 6 nitrogen and oxygen atoms in total. The van der Waals surface area contributed by atoms with Crippen molar-refractivity contribution in [3.8, 4) is 0 Å². The maximum atomic E-state index is 11.2. The molecule has 0 bridgehead atoms. The van der Waals surface area contributed by atoms with Gasteiger partial charge in [0.2, 0.25) is 0 Å². The summed E-state index contributed by atoms with van der Waals surface area (Å²) in [5.74, 6) is -0.233. The molecular formula is C11H18ClN3O3S. The summed E-state index contributed by atoms with van der Waals surface area (Å²) in [6.45, 7) is 3.02. The summed E-state index contributed by atoms with van der Waals surface area (Å²) in [6.07, 6.45) is 2.01. The largest absolute Gasteiger partial charge is 0.469 e. The minimum atomic E-state index is -0.233. The predicted octanol–water partition coefficient (Wildman–Crippen LogP) is 0.911. The zero-order chi connectivity index (χ0) is 13.0. The number of carbonyl (C=O) groups excluding carboxylic acids is 1. The number of esters is 1. The Bertz CT molecular complexity index is 416. The Morgan fingerprint density at radius 1 is 1.74 bits per heavy atom. The molecule has 2 N–H and O–H groups in total. The molecule has 0 spiro atoms. The molecule has 1 aliphatic heterocycles. The van der Waals surface area contributed by atoms with E-state index >= 15 is 0 Å². The highest BCUT2D eigenvalue weighted by molar-refractivity contribution is 7.15. The Balaban J connectivity index is 0.00000180. The lowest BCUT2D eigenvalue weighted by Gasteiger charge is -2.31. The van der Waals surface area contributed by atoms with Crippen LogP contribution in [0.2, 0.25) is 0 Å². The SMILES string of the molecule is COC(=O)CC1CN(Cc2cnc(N)s2)CCO1.Cl. The van der Waals surface area contributed by atoms with Gasteiger partial charge in [-0.25, -0.2) is 4.98 Å². The molecule has 1 aromatic heterocycles. The van der Waals surface area contributed by atoms with Crippen LogP contribution in [0.25, 0.3) is 0 Å². The van der Waals surface area contributed by atoms with Gasteiger partial charge in [-0.05, 0) is 0 Å². The van der Waals surface area contributed by atoms with Crippen molar-refractivity contribution in [3.63, 3.8) is 0 Å². The van der Waals surface area contributed by atoms with Crippen molar-refractivity contribution in [2.75, 3.05) is 32.5 Å². The first kappa shape index (κ1) is 16.2. The van der Waals surface area contributed by atoms with Gasteiger partial charge in [-0.2, -0.15) is 0 Å². The van der Waals surface area contributed by atoms with Crippen molar-refractivity contribution in [1.82, 2.24) is 9.88 Å². The molecule has 108 valence electrons. The number of rotatable bonds is 4. The number of hydrogen-bond acceptors (Lipinski definition) is 7. The molecule has 0 aliphatic carbocycles. The van der Waals surface area contributed by atoms with Crippen molar-refractivity contribution < 1.29 is 14.3 Å². The highest BCUT2D eigenvalue weighted by Crippen LogP contribution is 2.18. The van der Waals surface area contributed by atoms with Crippen LogP contribution in [0.1, 0.15) is 11.3 Å².